The van der Waals surface area contributed by atoms with Gasteiger partial charge >= 0.3 is 8.88 Å². The van der Waals surface area contributed by atoms with Crippen LogP contribution in [0.1, 0.15) is 103 Å². The lowest BCUT2D eigenvalue weighted by Gasteiger charge is -2.53. The highest BCUT2D eigenvalue weighted by Gasteiger charge is 2.59. The topological polar surface area (TPSA) is 24.9 Å². The van der Waals surface area contributed by atoms with Crippen molar-refractivity contribution in [3.63, 3.8) is 0 Å². The van der Waals surface area contributed by atoms with E-state index in [1.807, 2.05) is 14.2 Å². The number of hydrogen-bond acceptors (Lipinski definition) is 4. The van der Waals surface area contributed by atoms with Gasteiger partial charge in [0.25, 0.3) is 0 Å². The molecule has 0 spiro atoms. The van der Waals surface area contributed by atoms with E-state index in [1.54, 1.807) is 0 Å². The average molecular weight is 395 g/mol. The van der Waals surface area contributed by atoms with Gasteiger partial charge in [-0.15, -0.1) is 0 Å². The summed E-state index contributed by atoms with van der Waals surface area (Å²) >= 11 is 0. The Morgan fingerprint density at radius 2 is 0.704 bits per heavy atom. The predicted octanol–water partition coefficient (Wildman–Crippen LogP) is 5.09. The number of rotatable bonds is 8. The molecule has 0 aliphatic heterocycles. The quantitative estimate of drug-likeness (QED) is 0.535. The molecule has 156 valence electrons. The van der Waals surface area contributed by atoms with Crippen molar-refractivity contribution in [2.45, 2.75) is 127 Å². The molecule has 0 atom stereocenters. The van der Waals surface area contributed by atoms with Crippen LogP contribution in [0.4, 0.5) is 0 Å². The molecule has 5 heteroatoms. The summed E-state index contributed by atoms with van der Waals surface area (Å²) in [6.07, 6.45) is 21.9. The van der Waals surface area contributed by atoms with Crippen LogP contribution in [-0.4, -0.2) is 56.4 Å². The Balaban J connectivity index is 1.71. The molecule has 4 aliphatic carbocycles. The van der Waals surface area contributed by atoms with Crippen LogP contribution in [0.5, 0.6) is 0 Å². The van der Waals surface area contributed by atoms with E-state index in [1.165, 1.54) is 103 Å². The van der Waals surface area contributed by atoms with Gasteiger partial charge in [-0.2, -0.15) is 0 Å². The molecule has 0 N–H and O–H groups in total. The van der Waals surface area contributed by atoms with Crippen LogP contribution in [0.2, 0.25) is 0 Å². The van der Waals surface area contributed by atoms with Crippen molar-refractivity contribution in [3.05, 3.63) is 0 Å². The first-order valence-corrected chi connectivity index (χ1v) is 13.7. The zero-order valence-electron chi connectivity index (χ0n) is 17.8. The molecule has 0 aromatic carbocycles. The van der Waals surface area contributed by atoms with E-state index in [0.717, 1.165) is 0 Å². The third kappa shape index (κ3) is 3.92. The van der Waals surface area contributed by atoms with E-state index in [-0.39, 0.29) is 0 Å². The minimum absolute atomic E-state index is 0.685. The second-order valence-corrected chi connectivity index (χ2v) is 12.5. The summed E-state index contributed by atoms with van der Waals surface area (Å²) in [5.74, 6) is 0. The van der Waals surface area contributed by atoms with Gasteiger partial charge in [-0.05, 0) is 51.4 Å². The number of hydrogen-bond donors (Lipinski definition) is 0. The van der Waals surface area contributed by atoms with Crippen molar-refractivity contribution in [2.75, 3.05) is 14.2 Å². The summed E-state index contributed by atoms with van der Waals surface area (Å²) < 4.78 is 19.0. The lowest BCUT2D eigenvalue weighted by Crippen LogP contribution is -2.76. The maximum absolute atomic E-state index is 6.63. The van der Waals surface area contributed by atoms with Gasteiger partial charge in [-0.1, -0.05) is 51.4 Å². The maximum atomic E-state index is 6.63. The van der Waals surface area contributed by atoms with Crippen LogP contribution in [0, 0.1) is 0 Å². The molecule has 4 nitrogen and oxygen atoms in total. The monoisotopic (exact) mass is 394 g/mol. The first-order chi connectivity index (χ1) is 13.3. The molecule has 4 saturated carbocycles. The smallest absolute Gasteiger partial charge is 0.374 e. The summed E-state index contributed by atoms with van der Waals surface area (Å²) in [6.45, 7) is 0. The van der Waals surface area contributed by atoms with Crippen LogP contribution < -0.4 is 0 Å². The van der Waals surface area contributed by atoms with Crippen molar-refractivity contribution in [2.24, 2.45) is 0 Å². The Morgan fingerprint density at radius 1 is 0.481 bits per heavy atom. The summed E-state index contributed by atoms with van der Waals surface area (Å²) in [7, 11) is 1.36. The summed E-state index contributed by atoms with van der Waals surface area (Å²) in [6, 6.07) is 2.74. The van der Waals surface area contributed by atoms with Gasteiger partial charge in [0.2, 0.25) is 0 Å². The molecule has 0 amide bonds. The zero-order valence-corrected chi connectivity index (χ0v) is 18.8. The van der Waals surface area contributed by atoms with E-state index < -0.39 is 8.88 Å². The minimum Gasteiger partial charge on any atom is -0.374 e. The fourth-order valence-corrected chi connectivity index (χ4v) is 11.0. The van der Waals surface area contributed by atoms with E-state index in [2.05, 4.69) is 9.13 Å². The Hall–Kier alpha value is 0.0569. The van der Waals surface area contributed by atoms with E-state index >= 15 is 0 Å². The normalized spacial score (nSPS) is 27.1. The molecule has 0 unspecified atom stereocenters. The van der Waals surface area contributed by atoms with Gasteiger partial charge < -0.3 is 8.85 Å². The van der Waals surface area contributed by atoms with E-state index in [9.17, 15) is 0 Å². The Labute approximate surface area is 168 Å². The Morgan fingerprint density at radius 3 is 0.889 bits per heavy atom. The Bertz CT molecular complexity index is 379. The first kappa shape index (κ1) is 20.3. The third-order valence-corrected chi connectivity index (χ3v) is 11.9. The van der Waals surface area contributed by atoms with Gasteiger partial charge in [0.05, 0.1) is 0 Å². The van der Waals surface area contributed by atoms with Crippen molar-refractivity contribution in [1.82, 2.24) is 9.13 Å². The average Bonchev–Trinajstić information content (AvgIpc) is 3.51. The standard InChI is InChI=1S/C22H42N2O2Si/c1-25-27(26-2,23(19-11-3-4-12-19)20-13-5-6-14-20)24(21-15-7-8-16-21)22-17-9-10-18-22/h19-22H,3-18H2,1-2H3. The molecule has 0 aromatic rings. The maximum Gasteiger partial charge on any atom is 0.522 e. The molecule has 0 saturated heterocycles. The number of nitrogens with zero attached hydrogens (tertiary/aromatic N) is 2. The second-order valence-electron chi connectivity index (χ2n) is 9.52. The van der Waals surface area contributed by atoms with Gasteiger partial charge in [-0.3, -0.25) is 9.13 Å². The molecule has 0 aromatic heterocycles. The van der Waals surface area contributed by atoms with Crippen LogP contribution in [0.25, 0.3) is 0 Å². The Kier molecular flexibility index (Phi) is 6.97. The largest absolute Gasteiger partial charge is 0.522 e. The predicted molar refractivity (Wildman–Crippen MR) is 112 cm³/mol. The van der Waals surface area contributed by atoms with Gasteiger partial charge in [-0.25, -0.2) is 0 Å². The van der Waals surface area contributed by atoms with E-state index in [4.69, 9.17) is 8.85 Å². The molecule has 0 bridgehead atoms. The molecule has 4 fully saturated rings. The molecular formula is C22H42N2O2Si. The van der Waals surface area contributed by atoms with E-state index in [0.29, 0.717) is 24.2 Å². The van der Waals surface area contributed by atoms with Crippen LogP contribution >= 0.6 is 0 Å². The van der Waals surface area contributed by atoms with Crippen molar-refractivity contribution in [1.29, 1.82) is 0 Å². The second kappa shape index (κ2) is 9.25. The van der Waals surface area contributed by atoms with Crippen LogP contribution in [-0.2, 0) is 8.85 Å². The molecule has 0 heterocycles. The highest BCUT2D eigenvalue weighted by molar-refractivity contribution is 6.61. The molecule has 4 rings (SSSR count). The summed E-state index contributed by atoms with van der Waals surface area (Å²) in [5, 5.41) is 0. The lowest BCUT2D eigenvalue weighted by atomic mass is 10.2. The van der Waals surface area contributed by atoms with Gasteiger partial charge in [0.1, 0.15) is 0 Å². The SMILES string of the molecule is CO[Si](OC)(N(C1CCCC1)C1CCCC1)N(C1CCCC1)C1CCCC1. The highest BCUT2D eigenvalue weighted by atomic mass is 28.4. The summed E-state index contributed by atoms with van der Waals surface area (Å²) in [5.41, 5.74) is 0. The van der Waals surface area contributed by atoms with Crippen molar-refractivity contribution in [3.8, 4) is 0 Å². The third-order valence-electron chi connectivity index (χ3n) is 8.06. The van der Waals surface area contributed by atoms with Crippen molar-refractivity contribution >= 4 is 8.88 Å². The minimum atomic E-state index is -2.60. The molecule has 4 aliphatic rings. The van der Waals surface area contributed by atoms with Crippen LogP contribution in [0.15, 0.2) is 0 Å². The van der Waals surface area contributed by atoms with Gasteiger partial charge in [0, 0.05) is 38.4 Å². The molecule has 27 heavy (non-hydrogen) atoms. The molecular weight excluding hydrogens is 352 g/mol. The molecule has 0 radical (unpaired) electrons. The first-order valence-electron chi connectivity index (χ1n) is 12.0. The summed E-state index contributed by atoms with van der Waals surface area (Å²) in [4.78, 5) is 0. The lowest BCUT2D eigenvalue weighted by molar-refractivity contribution is 0.0253. The fraction of sp³-hybridized carbons (Fsp3) is 1.00. The van der Waals surface area contributed by atoms with Gasteiger partial charge in [0.15, 0.2) is 0 Å². The fourth-order valence-electron chi connectivity index (χ4n) is 6.89. The van der Waals surface area contributed by atoms with Crippen molar-refractivity contribution < 1.29 is 8.85 Å². The highest BCUT2D eigenvalue weighted by Crippen LogP contribution is 2.42. The zero-order chi connectivity index (χ0) is 18.7. The van der Waals surface area contributed by atoms with Crippen LogP contribution in [0.3, 0.4) is 0 Å².